The highest BCUT2D eigenvalue weighted by Gasteiger charge is 2.22. The van der Waals surface area contributed by atoms with Crippen LogP contribution in [0.25, 0.3) is 0 Å². The minimum Gasteiger partial charge on any atom is -0.491 e. The van der Waals surface area contributed by atoms with Crippen LogP contribution in [-0.2, 0) is 4.74 Å². The Morgan fingerprint density at radius 1 is 1.35 bits per heavy atom. The second kappa shape index (κ2) is 6.03. The van der Waals surface area contributed by atoms with Crippen molar-refractivity contribution >= 4 is 0 Å². The first-order chi connectivity index (χ1) is 8.27. The molecule has 3 heteroatoms. The van der Waals surface area contributed by atoms with E-state index in [-0.39, 0.29) is 0 Å². The van der Waals surface area contributed by atoms with Crippen LogP contribution < -0.4 is 4.74 Å². The molecule has 1 saturated heterocycles. The summed E-state index contributed by atoms with van der Waals surface area (Å²) in [5, 5.41) is 10.0. The highest BCUT2D eigenvalue weighted by atomic mass is 16.5. The lowest BCUT2D eigenvalue weighted by atomic mass is 9.94. The molecule has 1 atom stereocenters. The van der Waals surface area contributed by atoms with Gasteiger partial charge < -0.3 is 14.6 Å². The summed E-state index contributed by atoms with van der Waals surface area (Å²) >= 11 is 0. The van der Waals surface area contributed by atoms with E-state index in [0.29, 0.717) is 12.5 Å². The van der Waals surface area contributed by atoms with E-state index in [1.54, 1.807) is 0 Å². The molecular formula is C14H20O3. The summed E-state index contributed by atoms with van der Waals surface area (Å²) in [6.07, 6.45) is 1.47. The van der Waals surface area contributed by atoms with Gasteiger partial charge >= 0.3 is 0 Å². The van der Waals surface area contributed by atoms with Crippen molar-refractivity contribution in [3.05, 3.63) is 29.8 Å². The number of benzene rings is 1. The van der Waals surface area contributed by atoms with Crippen LogP contribution in [0.5, 0.6) is 5.75 Å². The van der Waals surface area contributed by atoms with Gasteiger partial charge in [0.1, 0.15) is 12.4 Å². The van der Waals surface area contributed by atoms with Crippen LogP contribution in [-0.4, -0.2) is 31.0 Å². The van der Waals surface area contributed by atoms with E-state index in [2.05, 4.69) is 0 Å². The zero-order valence-corrected chi connectivity index (χ0v) is 10.3. The number of aliphatic hydroxyl groups is 1. The van der Waals surface area contributed by atoms with Crippen LogP contribution in [0, 0.1) is 12.8 Å². The molecule has 0 saturated carbocycles. The smallest absolute Gasteiger partial charge is 0.122 e. The molecular weight excluding hydrogens is 216 g/mol. The molecule has 1 aromatic carbocycles. The normalized spacial score (nSPS) is 18.9. The molecule has 1 heterocycles. The fourth-order valence-electron chi connectivity index (χ4n) is 2.13. The first-order valence-electron chi connectivity index (χ1n) is 6.21. The van der Waals surface area contributed by atoms with E-state index in [1.165, 1.54) is 0 Å². The lowest BCUT2D eigenvalue weighted by Gasteiger charge is -2.26. The van der Waals surface area contributed by atoms with Gasteiger partial charge in [0.05, 0.1) is 6.10 Å². The Morgan fingerprint density at radius 3 is 2.76 bits per heavy atom. The molecule has 17 heavy (non-hydrogen) atoms. The van der Waals surface area contributed by atoms with Crippen LogP contribution in [0.15, 0.2) is 24.3 Å². The Balaban J connectivity index is 1.83. The summed E-state index contributed by atoms with van der Waals surface area (Å²) < 4.78 is 10.9. The average molecular weight is 236 g/mol. The molecule has 0 amide bonds. The lowest BCUT2D eigenvalue weighted by Crippen LogP contribution is -2.31. The molecule has 1 fully saturated rings. The van der Waals surface area contributed by atoms with Crippen LogP contribution in [0.2, 0.25) is 0 Å². The van der Waals surface area contributed by atoms with Gasteiger partial charge in [-0.25, -0.2) is 0 Å². The fourth-order valence-corrected chi connectivity index (χ4v) is 2.13. The Kier molecular flexibility index (Phi) is 4.40. The molecule has 1 aliphatic heterocycles. The minimum absolute atomic E-state index is 0.313. The van der Waals surface area contributed by atoms with E-state index < -0.39 is 6.10 Å². The van der Waals surface area contributed by atoms with Gasteiger partial charge in [-0.1, -0.05) is 18.2 Å². The number of rotatable bonds is 4. The van der Waals surface area contributed by atoms with Crippen LogP contribution in [0.3, 0.4) is 0 Å². The molecule has 0 aliphatic carbocycles. The quantitative estimate of drug-likeness (QED) is 0.870. The first kappa shape index (κ1) is 12.4. The predicted molar refractivity (Wildman–Crippen MR) is 66.2 cm³/mol. The number of hydrogen-bond acceptors (Lipinski definition) is 3. The van der Waals surface area contributed by atoms with Gasteiger partial charge in [-0.2, -0.15) is 0 Å². The average Bonchev–Trinajstić information content (AvgIpc) is 2.38. The first-order valence-corrected chi connectivity index (χ1v) is 6.21. The third-order valence-corrected chi connectivity index (χ3v) is 3.31. The Labute approximate surface area is 102 Å². The molecule has 0 aromatic heterocycles. The van der Waals surface area contributed by atoms with Crippen LogP contribution >= 0.6 is 0 Å². The molecule has 3 nitrogen and oxygen atoms in total. The van der Waals surface area contributed by atoms with E-state index in [1.807, 2.05) is 31.2 Å². The molecule has 1 N–H and O–H groups in total. The van der Waals surface area contributed by atoms with Gasteiger partial charge in [0.15, 0.2) is 0 Å². The van der Waals surface area contributed by atoms with Crippen molar-refractivity contribution in [2.45, 2.75) is 25.9 Å². The molecule has 0 bridgehead atoms. The van der Waals surface area contributed by atoms with Crippen molar-refractivity contribution in [2.75, 3.05) is 19.8 Å². The number of para-hydroxylation sites is 1. The molecule has 1 aliphatic rings. The van der Waals surface area contributed by atoms with Crippen molar-refractivity contribution in [3.63, 3.8) is 0 Å². The summed E-state index contributed by atoms with van der Waals surface area (Å²) in [7, 11) is 0. The Morgan fingerprint density at radius 2 is 2.06 bits per heavy atom. The number of aryl methyl sites for hydroxylation is 1. The van der Waals surface area contributed by atoms with Crippen molar-refractivity contribution in [2.24, 2.45) is 5.92 Å². The van der Waals surface area contributed by atoms with Gasteiger partial charge in [-0.15, -0.1) is 0 Å². The van der Waals surface area contributed by atoms with Gasteiger partial charge in [0.2, 0.25) is 0 Å². The third kappa shape index (κ3) is 3.45. The second-order valence-corrected chi connectivity index (χ2v) is 4.59. The topological polar surface area (TPSA) is 38.7 Å². The summed E-state index contributed by atoms with van der Waals surface area (Å²) in [4.78, 5) is 0. The lowest BCUT2D eigenvalue weighted by molar-refractivity contribution is -0.0102. The molecule has 94 valence electrons. The molecule has 0 spiro atoms. The molecule has 2 rings (SSSR count). The second-order valence-electron chi connectivity index (χ2n) is 4.59. The molecule has 0 radical (unpaired) electrons. The maximum Gasteiger partial charge on any atom is 0.122 e. The number of aliphatic hydroxyl groups excluding tert-OH is 1. The van der Waals surface area contributed by atoms with Gasteiger partial charge in [-0.3, -0.25) is 0 Å². The van der Waals surface area contributed by atoms with E-state index in [4.69, 9.17) is 9.47 Å². The largest absolute Gasteiger partial charge is 0.491 e. The van der Waals surface area contributed by atoms with Crippen LogP contribution in [0.1, 0.15) is 18.4 Å². The van der Waals surface area contributed by atoms with Crippen molar-refractivity contribution in [3.8, 4) is 5.75 Å². The van der Waals surface area contributed by atoms with Crippen molar-refractivity contribution < 1.29 is 14.6 Å². The molecule has 1 aromatic rings. The van der Waals surface area contributed by atoms with Crippen molar-refractivity contribution in [1.82, 2.24) is 0 Å². The highest BCUT2D eigenvalue weighted by Crippen LogP contribution is 2.21. The van der Waals surface area contributed by atoms with E-state index >= 15 is 0 Å². The van der Waals surface area contributed by atoms with Gasteiger partial charge in [0.25, 0.3) is 0 Å². The Bertz CT molecular complexity index is 345. The summed E-state index contributed by atoms with van der Waals surface area (Å²) in [6, 6.07) is 7.88. The zero-order valence-electron chi connectivity index (χ0n) is 10.3. The maximum absolute atomic E-state index is 10.0. The zero-order chi connectivity index (χ0) is 12.1. The number of hydrogen-bond donors (Lipinski definition) is 1. The van der Waals surface area contributed by atoms with E-state index in [9.17, 15) is 5.11 Å². The monoisotopic (exact) mass is 236 g/mol. The minimum atomic E-state index is -0.390. The SMILES string of the molecule is Cc1ccccc1OCC(O)C1CCOCC1. The molecule has 1 unspecified atom stereocenters. The van der Waals surface area contributed by atoms with Crippen LogP contribution in [0.4, 0.5) is 0 Å². The summed E-state index contributed by atoms with van der Waals surface area (Å²) in [5.74, 6) is 1.17. The third-order valence-electron chi connectivity index (χ3n) is 3.31. The number of ether oxygens (including phenoxy) is 2. The maximum atomic E-state index is 10.0. The standard InChI is InChI=1S/C14H20O3/c1-11-4-2-3-5-14(11)17-10-13(15)12-6-8-16-9-7-12/h2-5,12-13,15H,6-10H2,1H3. The highest BCUT2D eigenvalue weighted by molar-refractivity contribution is 5.31. The van der Waals surface area contributed by atoms with E-state index in [0.717, 1.165) is 37.4 Å². The summed E-state index contributed by atoms with van der Waals surface area (Å²) in [5.41, 5.74) is 1.10. The fraction of sp³-hybridized carbons (Fsp3) is 0.571. The van der Waals surface area contributed by atoms with Gasteiger partial charge in [0, 0.05) is 13.2 Å². The predicted octanol–water partition coefficient (Wildman–Crippen LogP) is 2.16. The van der Waals surface area contributed by atoms with Crippen molar-refractivity contribution in [1.29, 1.82) is 0 Å². The Hall–Kier alpha value is -1.06. The summed E-state index contributed by atoms with van der Waals surface area (Å²) in [6.45, 7) is 3.89. The van der Waals surface area contributed by atoms with Gasteiger partial charge in [-0.05, 0) is 37.3 Å².